The summed E-state index contributed by atoms with van der Waals surface area (Å²) in [5, 5.41) is 1.08. The molecule has 3 aromatic rings. The van der Waals surface area contributed by atoms with Crippen molar-refractivity contribution >= 4 is 46.3 Å². The monoisotopic (exact) mass is 488 g/mol. The smallest absolute Gasteiger partial charge is 0.410 e. The molecule has 1 amide bonds. The second-order valence-corrected chi connectivity index (χ2v) is 10.4. The zero-order valence-corrected chi connectivity index (χ0v) is 21.0. The summed E-state index contributed by atoms with van der Waals surface area (Å²) in [6, 6.07) is 13.9. The molecular formula is C25H30Cl2N4O2. The van der Waals surface area contributed by atoms with Crippen molar-refractivity contribution in [2.24, 2.45) is 0 Å². The molecule has 33 heavy (non-hydrogen) atoms. The number of hydrogen-bond donors (Lipinski definition) is 0. The number of imidazole rings is 1. The van der Waals surface area contributed by atoms with E-state index in [9.17, 15) is 4.79 Å². The van der Waals surface area contributed by atoms with E-state index in [1.54, 1.807) is 4.90 Å². The molecule has 0 N–H and O–H groups in total. The van der Waals surface area contributed by atoms with E-state index < -0.39 is 5.60 Å². The Morgan fingerprint density at radius 1 is 1.18 bits per heavy atom. The fourth-order valence-electron chi connectivity index (χ4n) is 4.22. The third kappa shape index (κ3) is 5.39. The SMILES string of the molecule is CN(C(=O)OC(C)(C)C)[C@H]1CCCN(c2nc3ccccc3n2Cc2ccc(Cl)c(Cl)c2)C1. The van der Waals surface area contributed by atoms with E-state index in [1.165, 1.54) is 0 Å². The van der Waals surface area contributed by atoms with E-state index >= 15 is 0 Å². The first-order valence-electron chi connectivity index (χ1n) is 11.2. The molecular weight excluding hydrogens is 459 g/mol. The van der Waals surface area contributed by atoms with Crippen molar-refractivity contribution in [1.82, 2.24) is 14.5 Å². The number of anilines is 1. The van der Waals surface area contributed by atoms with Crippen LogP contribution in [0.15, 0.2) is 42.5 Å². The highest BCUT2D eigenvalue weighted by molar-refractivity contribution is 6.42. The van der Waals surface area contributed by atoms with E-state index in [-0.39, 0.29) is 12.1 Å². The average molecular weight is 489 g/mol. The van der Waals surface area contributed by atoms with Crippen LogP contribution in [0.4, 0.5) is 10.7 Å². The van der Waals surface area contributed by atoms with Crippen LogP contribution in [0.5, 0.6) is 0 Å². The van der Waals surface area contributed by atoms with Crippen molar-refractivity contribution in [2.75, 3.05) is 25.0 Å². The molecule has 1 aromatic heterocycles. The van der Waals surface area contributed by atoms with Gasteiger partial charge in [-0.2, -0.15) is 0 Å². The fourth-order valence-corrected chi connectivity index (χ4v) is 4.54. The van der Waals surface area contributed by atoms with Crippen molar-refractivity contribution in [2.45, 2.75) is 51.8 Å². The van der Waals surface area contributed by atoms with Gasteiger partial charge in [-0.25, -0.2) is 9.78 Å². The molecule has 0 unspecified atom stereocenters. The summed E-state index contributed by atoms with van der Waals surface area (Å²) in [6.07, 6.45) is 1.60. The largest absolute Gasteiger partial charge is 0.444 e. The van der Waals surface area contributed by atoms with Gasteiger partial charge in [0.15, 0.2) is 0 Å². The molecule has 0 bridgehead atoms. The van der Waals surface area contributed by atoms with Crippen LogP contribution in [0.1, 0.15) is 39.2 Å². The van der Waals surface area contributed by atoms with Crippen LogP contribution in [-0.4, -0.2) is 52.3 Å². The number of rotatable bonds is 4. The van der Waals surface area contributed by atoms with Crippen molar-refractivity contribution in [3.05, 3.63) is 58.1 Å². The third-order valence-corrected chi connectivity index (χ3v) is 6.61. The van der Waals surface area contributed by atoms with Gasteiger partial charge in [-0.15, -0.1) is 0 Å². The number of halogens is 2. The number of hydrogen-bond acceptors (Lipinski definition) is 4. The highest BCUT2D eigenvalue weighted by Gasteiger charge is 2.31. The predicted molar refractivity (Wildman–Crippen MR) is 135 cm³/mol. The number of benzene rings is 2. The number of carbonyl (C=O) groups is 1. The molecule has 1 atom stereocenters. The Labute approximate surface area is 205 Å². The number of nitrogens with zero attached hydrogens (tertiary/aromatic N) is 4. The Hall–Kier alpha value is -2.44. The molecule has 8 heteroatoms. The van der Waals surface area contributed by atoms with Gasteiger partial charge >= 0.3 is 6.09 Å². The molecule has 1 aliphatic rings. The summed E-state index contributed by atoms with van der Waals surface area (Å²) < 4.78 is 7.80. The zero-order valence-electron chi connectivity index (χ0n) is 19.5. The molecule has 1 aliphatic heterocycles. The number of fused-ring (bicyclic) bond motifs is 1. The molecule has 1 saturated heterocycles. The van der Waals surface area contributed by atoms with Crippen LogP contribution in [0.3, 0.4) is 0 Å². The second-order valence-electron chi connectivity index (χ2n) is 9.57. The summed E-state index contributed by atoms with van der Waals surface area (Å²) in [5.74, 6) is 0.893. The number of likely N-dealkylation sites (N-methyl/N-ethyl adjacent to an activating group) is 1. The number of amides is 1. The lowest BCUT2D eigenvalue weighted by Crippen LogP contribution is -2.50. The number of para-hydroxylation sites is 2. The molecule has 6 nitrogen and oxygen atoms in total. The second kappa shape index (κ2) is 9.43. The van der Waals surface area contributed by atoms with Crippen LogP contribution in [0.25, 0.3) is 11.0 Å². The van der Waals surface area contributed by atoms with Crippen molar-refractivity contribution in [3.8, 4) is 0 Å². The molecule has 176 valence electrons. The van der Waals surface area contributed by atoms with Gasteiger partial charge in [0.2, 0.25) is 5.95 Å². The van der Waals surface area contributed by atoms with Crippen LogP contribution in [0, 0.1) is 0 Å². The minimum absolute atomic E-state index is 0.0480. The van der Waals surface area contributed by atoms with Gasteiger partial charge in [0.1, 0.15) is 5.60 Å². The minimum Gasteiger partial charge on any atom is -0.444 e. The van der Waals surface area contributed by atoms with E-state index in [2.05, 4.69) is 15.5 Å². The van der Waals surface area contributed by atoms with Crippen LogP contribution >= 0.6 is 23.2 Å². The van der Waals surface area contributed by atoms with Crippen molar-refractivity contribution in [1.29, 1.82) is 0 Å². The Kier molecular flexibility index (Phi) is 6.78. The summed E-state index contributed by atoms with van der Waals surface area (Å²) in [6.45, 7) is 7.85. The van der Waals surface area contributed by atoms with Crippen LogP contribution in [-0.2, 0) is 11.3 Å². The lowest BCUT2D eigenvalue weighted by molar-refractivity contribution is 0.0209. The van der Waals surface area contributed by atoms with E-state index in [4.69, 9.17) is 32.9 Å². The number of carbonyl (C=O) groups excluding carboxylic acids is 1. The number of aromatic nitrogens is 2. The molecule has 0 aliphatic carbocycles. The minimum atomic E-state index is -0.520. The first-order chi connectivity index (χ1) is 15.6. The number of ether oxygens (including phenoxy) is 1. The highest BCUT2D eigenvalue weighted by atomic mass is 35.5. The Morgan fingerprint density at radius 2 is 1.94 bits per heavy atom. The molecule has 4 rings (SSSR count). The molecule has 1 fully saturated rings. The van der Waals surface area contributed by atoms with Gasteiger partial charge in [-0.3, -0.25) is 0 Å². The lowest BCUT2D eigenvalue weighted by Gasteiger charge is -2.38. The Morgan fingerprint density at radius 3 is 2.67 bits per heavy atom. The Balaban J connectivity index is 1.62. The van der Waals surface area contributed by atoms with Gasteiger partial charge in [0, 0.05) is 20.1 Å². The topological polar surface area (TPSA) is 50.6 Å². The maximum Gasteiger partial charge on any atom is 0.410 e. The first kappa shape index (κ1) is 23.7. The summed E-state index contributed by atoms with van der Waals surface area (Å²) >= 11 is 12.4. The van der Waals surface area contributed by atoms with Gasteiger partial charge in [-0.1, -0.05) is 41.4 Å². The van der Waals surface area contributed by atoms with E-state index in [0.717, 1.165) is 41.9 Å². The molecule has 2 aromatic carbocycles. The Bertz CT molecular complexity index is 1160. The lowest BCUT2D eigenvalue weighted by atomic mass is 10.1. The average Bonchev–Trinajstić information content (AvgIpc) is 3.13. The van der Waals surface area contributed by atoms with Gasteiger partial charge in [0.25, 0.3) is 0 Å². The molecule has 0 spiro atoms. The summed E-state index contributed by atoms with van der Waals surface area (Å²) in [4.78, 5) is 21.6. The maximum atomic E-state index is 12.7. The summed E-state index contributed by atoms with van der Waals surface area (Å²) in [5.41, 5.74) is 2.53. The molecule has 0 saturated carbocycles. The van der Waals surface area contributed by atoms with Crippen LogP contribution < -0.4 is 4.90 Å². The highest BCUT2D eigenvalue weighted by Crippen LogP contribution is 2.29. The van der Waals surface area contributed by atoms with Crippen LogP contribution in [0.2, 0.25) is 10.0 Å². The predicted octanol–water partition coefficient (Wildman–Crippen LogP) is 6.23. The zero-order chi connectivity index (χ0) is 23.8. The maximum absolute atomic E-state index is 12.7. The standard InChI is InChI=1S/C25H30Cl2N4O2/c1-25(2,3)33-24(32)29(4)18-8-7-13-30(16-18)23-28-21-9-5-6-10-22(21)31(23)15-17-11-12-19(26)20(27)14-17/h5-6,9-12,14,18H,7-8,13,15-16H2,1-4H3/t18-/m0/s1. The van der Waals surface area contributed by atoms with Crippen molar-refractivity contribution in [3.63, 3.8) is 0 Å². The summed E-state index contributed by atoms with van der Waals surface area (Å²) in [7, 11) is 1.82. The quantitative estimate of drug-likeness (QED) is 0.436. The van der Waals surface area contributed by atoms with E-state index in [0.29, 0.717) is 23.1 Å². The normalized spacial score (nSPS) is 16.8. The first-order valence-corrected chi connectivity index (χ1v) is 12.0. The molecule has 2 heterocycles. The van der Waals surface area contributed by atoms with Gasteiger partial charge in [0.05, 0.1) is 33.7 Å². The third-order valence-electron chi connectivity index (χ3n) is 5.87. The van der Waals surface area contributed by atoms with E-state index in [1.807, 2.05) is 64.2 Å². The number of piperidine rings is 1. The fraction of sp³-hybridized carbons (Fsp3) is 0.440. The van der Waals surface area contributed by atoms with Crippen molar-refractivity contribution < 1.29 is 9.53 Å². The van der Waals surface area contributed by atoms with Gasteiger partial charge < -0.3 is 19.1 Å². The van der Waals surface area contributed by atoms with Gasteiger partial charge in [-0.05, 0) is 63.4 Å². The molecule has 0 radical (unpaired) electrons.